The lowest BCUT2D eigenvalue weighted by Crippen LogP contribution is -2.54. The largest absolute Gasteiger partial charge is 0.394 e. The molecule has 1 heterocycles. The SMILES string of the molecule is CC(C)C1CCN(CC(C)(CO)NC2CC2)C1. The quantitative estimate of drug-likeness (QED) is 0.738. The van der Waals surface area contributed by atoms with Crippen LogP contribution in [-0.4, -0.2) is 47.8 Å². The first-order valence-corrected chi connectivity index (χ1v) is 7.13. The van der Waals surface area contributed by atoms with Gasteiger partial charge in [0.25, 0.3) is 0 Å². The van der Waals surface area contributed by atoms with E-state index in [0.29, 0.717) is 6.04 Å². The molecule has 0 aromatic rings. The van der Waals surface area contributed by atoms with Crippen molar-refractivity contribution in [2.45, 2.75) is 51.6 Å². The van der Waals surface area contributed by atoms with Crippen LogP contribution in [0.5, 0.6) is 0 Å². The molecule has 0 amide bonds. The summed E-state index contributed by atoms with van der Waals surface area (Å²) in [6.07, 6.45) is 3.89. The molecular formula is C14H28N2O. The van der Waals surface area contributed by atoms with Crippen molar-refractivity contribution in [1.29, 1.82) is 0 Å². The number of likely N-dealkylation sites (tertiary alicyclic amines) is 1. The van der Waals surface area contributed by atoms with Crippen LogP contribution >= 0.6 is 0 Å². The summed E-state index contributed by atoms with van der Waals surface area (Å²) in [5, 5.41) is 13.2. The average Bonchev–Trinajstić information content (AvgIpc) is 2.94. The Balaban J connectivity index is 1.82. The summed E-state index contributed by atoms with van der Waals surface area (Å²) in [5.74, 6) is 1.63. The second-order valence-electron chi connectivity index (χ2n) is 6.67. The highest BCUT2D eigenvalue weighted by molar-refractivity contribution is 4.95. The molecule has 2 aliphatic rings. The van der Waals surface area contributed by atoms with Gasteiger partial charge in [-0.15, -0.1) is 0 Å². The summed E-state index contributed by atoms with van der Waals surface area (Å²) in [6.45, 7) is 10.4. The van der Waals surface area contributed by atoms with E-state index in [9.17, 15) is 5.11 Å². The Bertz CT molecular complexity index is 253. The van der Waals surface area contributed by atoms with Gasteiger partial charge in [-0.1, -0.05) is 13.8 Å². The highest BCUT2D eigenvalue weighted by Crippen LogP contribution is 2.27. The molecule has 2 rings (SSSR count). The van der Waals surface area contributed by atoms with Gasteiger partial charge in [-0.25, -0.2) is 0 Å². The smallest absolute Gasteiger partial charge is 0.0623 e. The third-order valence-corrected chi connectivity index (χ3v) is 4.30. The molecule has 1 saturated carbocycles. The summed E-state index contributed by atoms with van der Waals surface area (Å²) in [5.41, 5.74) is -0.104. The molecule has 1 aliphatic heterocycles. The number of nitrogens with zero attached hydrogens (tertiary/aromatic N) is 1. The van der Waals surface area contributed by atoms with Crippen LogP contribution < -0.4 is 5.32 Å². The molecule has 3 heteroatoms. The number of nitrogens with one attached hydrogen (secondary N) is 1. The molecule has 100 valence electrons. The third kappa shape index (κ3) is 3.67. The summed E-state index contributed by atoms with van der Waals surface area (Å²) < 4.78 is 0. The molecular weight excluding hydrogens is 212 g/mol. The van der Waals surface area contributed by atoms with E-state index in [4.69, 9.17) is 0 Å². The maximum Gasteiger partial charge on any atom is 0.0623 e. The fourth-order valence-corrected chi connectivity index (χ4v) is 2.91. The first kappa shape index (κ1) is 13.3. The van der Waals surface area contributed by atoms with Gasteiger partial charge in [-0.05, 0) is 44.6 Å². The number of rotatable bonds is 6. The van der Waals surface area contributed by atoms with Crippen molar-refractivity contribution in [3.63, 3.8) is 0 Å². The predicted molar refractivity (Wildman–Crippen MR) is 71.0 cm³/mol. The van der Waals surface area contributed by atoms with Gasteiger partial charge in [-0.3, -0.25) is 0 Å². The fraction of sp³-hybridized carbons (Fsp3) is 1.00. The van der Waals surface area contributed by atoms with Crippen LogP contribution in [0.2, 0.25) is 0 Å². The Morgan fingerprint density at radius 2 is 2.06 bits per heavy atom. The number of aliphatic hydroxyl groups is 1. The predicted octanol–water partition coefficient (Wildman–Crippen LogP) is 1.47. The maximum absolute atomic E-state index is 9.61. The van der Waals surface area contributed by atoms with Crippen molar-refractivity contribution in [2.75, 3.05) is 26.2 Å². The lowest BCUT2D eigenvalue weighted by atomic mass is 9.95. The van der Waals surface area contributed by atoms with Gasteiger partial charge in [0.05, 0.1) is 12.1 Å². The minimum absolute atomic E-state index is 0.104. The average molecular weight is 240 g/mol. The van der Waals surface area contributed by atoms with Crippen LogP contribution in [0.25, 0.3) is 0 Å². The van der Waals surface area contributed by atoms with Crippen molar-refractivity contribution in [1.82, 2.24) is 10.2 Å². The zero-order chi connectivity index (χ0) is 12.5. The van der Waals surface area contributed by atoms with Crippen molar-refractivity contribution in [2.24, 2.45) is 11.8 Å². The monoisotopic (exact) mass is 240 g/mol. The fourth-order valence-electron chi connectivity index (χ4n) is 2.91. The maximum atomic E-state index is 9.61. The molecule has 1 aliphatic carbocycles. The molecule has 0 spiro atoms. The van der Waals surface area contributed by atoms with Crippen molar-refractivity contribution >= 4 is 0 Å². The molecule has 0 radical (unpaired) electrons. The first-order valence-electron chi connectivity index (χ1n) is 7.13. The standard InChI is InChI=1S/C14H28N2O/c1-11(2)12-6-7-16(8-12)9-14(3,10-17)15-13-4-5-13/h11-13,15,17H,4-10H2,1-3H3. The zero-order valence-electron chi connectivity index (χ0n) is 11.6. The van der Waals surface area contributed by atoms with Crippen LogP contribution in [0, 0.1) is 11.8 Å². The molecule has 3 nitrogen and oxygen atoms in total. The second-order valence-corrected chi connectivity index (χ2v) is 6.67. The molecule has 0 aromatic carbocycles. The highest BCUT2D eigenvalue weighted by Gasteiger charge is 2.35. The van der Waals surface area contributed by atoms with Gasteiger partial charge >= 0.3 is 0 Å². The van der Waals surface area contributed by atoms with Crippen LogP contribution in [0.4, 0.5) is 0 Å². The topological polar surface area (TPSA) is 35.5 Å². The second kappa shape index (κ2) is 5.25. The Morgan fingerprint density at radius 1 is 1.35 bits per heavy atom. The lowest BCUT2D eigenvalue weighted by Gasteiger charge is -2.33. The lowest BCUT2D eigenvalue weighted by molar-refractivity contribution is 0.127. The Morgan fingerprint density at radius 3 is 2.53 bits per heavy atom. The highest BCUT2D eigenvalue weighted by atomic mass is 16.3. The van der Waals surface area contributed by atoms with E-state index in [2.05, 4.69) is 31.0 Å². The van der Waals surface area contributed by atoms with Gasteiger partial charge in [0.2, 0.25) is 0 Å². The van der Waals surface area contributed by atoms with E-state index in [0.717, 1.165) is 18.4 Å². The Kier molecular flexibility index (Phi) is 4.11. The molecule has 2 fully saturated rings. The van der Waals surface area contributed by atoms with E-state index in [1.807, 2.05) is 0 Å². The van der Waals surface area contributed by atoms with Gasteiger partial charge in [-0.2, -0.15) is 0 Å². The molecule has 1 saturated heterocycles. The molecule has 17 heavy (non-hydrogen) atoms. The van der Waals surface area contributed by atoms with Crippen LogP contribution in [0.15, 0.2) is 0 Å². The van der Waals surface area contributed by atoms with Crippen LogP contribution in [0.1, 0.15) is 40.0 Å². The van der Waals surface area contributed by atoms with E-state index in [1.54, 1.807) is 0 Å². The zero-order valence-corrected chi connectivity index (χ0v) is 11.6. The van der Waals surface area contributed by atoms with E-state index in [-0.39, 0.29) is 12.1 Å². The summed E-state index contributed by atoms with van der Waals surface area (Å²) in [6, 6.07) is 0.663. The van der Waals surface area contributed by atoms with Crippen LogP contribution in [0.3, 0.4) is 0 Å². The molecule has 0 aromatic heterocycles. The molecule has 0 bridgehead atoms. The Hall–Kier alpha value is -0.120. The summed E-state index contributed by atoms with van der Waals surface area (Å²) in [4.78, 5) is 2.52. The van der Waals surface area contributed by atoms with Crippen molar-refractivity contribution in [3.05, 3.63) is 0 Å². The van der Waals surface area contributed by atoms with Gasteiger partial charge < -0.3 is 15.3 Å². The normalized spacial score (nSPS) is 29.8. The molecule has 2 N–H and O–H groups in total. The third-order valence-electron chi connectivity index (χ3n) is 4.30. The first-order chi connectivity index (χ1) is 8.02. The number of hydrogen-bond acceptors (Lipinski definition) is 3. The summed E-state index contributed by atoms with van der Waals surface area (Å²) >= 11 is 0. The number of hydrogen-bond donors (Lipinski definition) is 2. The minimum atomic E-state index is -0.104. The van der Waals surface area contributed by atoms with Crippen molar-refractivity contribution in [3.8, 4) is 0 Å². The minimum Gasteiger partial charge on any atom is -0.394 e. The van der Waals surface area contributed by atoms with E-state index in [1.165, 1.54) is 32.4 Å². The Labute approximate surface area is 106 Å². The van der Waals surface area contributed by atoms with Gasteiger partial charge in [0.1, 0.15) is 0 Å². The van der Waals surface area contributed by atoms with Gasteiger partial charge in [0.15, 0.2) is 0 Å². The summed E-state index contributed by atoms with van der Waals surface area (Å²) in [7, 11) is 0. The molecule has 2 unspecified atom stereocenters. The van der Waals surface area contributed by atoms with Gasteiger partial charge in [0, 0.05) is 19.1 Å². The number of aliphatic hydroxyl groups excluding tert-OH is 1. The van der Waals surface area contributed by atoms with E-state index >= 15 is 0 Å². The molecule has 2 atom stereocenters. The van der Waals surface area contributed by atoms with Crippen LogP contribution in [-0.2, 0) is 0 Å². The van der Waals surface area contributed by atoms with E-state index < -0.39 is 0 Å². The van der Waals surface area contributed by atoms with Crippen molar-refractivity contribution < 1.29 is 5.11 Å².